The van der Waals surface area contributed by atoms with Crippen molar-refractivity contribution < 1.29 is 29.5 Å². The lowest BCUT2D eigenvalue weighted by Gasteiger charge is -2.36. The van der Waals surface area contributed by atoms with Gasteiger partial charge in [-0.3, -0.25) is 14.8 Å². The molecule has 26 heavy (non-hydrogen) atoms. The summed E-state index contributed by atoms with van der Waals surface area (Å²) in [4.78, 5) is 44.2. The highest BCUT2D eigenvalue weighted by molar-refractivity contribution is 5.87. The minimum absolute atomic E-state index is 0.267. The fourth-order valence-corrected chi connectivity index (χ4v) is 4.25. The highest BCUT2D eigenvalue weighted by Gasteiger charge is 2.48. The van der Waals surface area contributed by atoms with Crippen LogP contribution in [0.2, 0.25) is 0 Å². The van der Waals surface area contributed by atoms with Crippen molar-refractivity contribution in [1.29, 1.82) is 0 Å². The summed E-state index contributed by atoms with van der Waals surface area (Å²) in [6, 6.07) is -1.92. The second kappa shape index (κ2) is 6.58. The van der Waals surface area contributed by atoms with Gasteiger partial charge >= 0.3 is 12.1 Å². The maximum atomic E-state index is 12.5. The molecule has 3 N–H and O–H groups in total. The van der Waals surface area contributed by atoms with Crippen LogP contribution in [0.4, 0.5) is 9.59 Å². The van der Waals surface area contributed by atoms with Gasteiger partial charge in [0.15, 0.2) is 0 Å². The Labute approximate surface area is 151 Å². The predicted molar refractivity (Wildman–Crippen MR) is 88.1 cm³/mol. The molecule has 10 nitrogen and oxygen atoms in total. The highest BCUT2D eigenvalue weighted by atomic mass is 16.7. The molecule has 3 saturated heterocycles. The largest absolute Gasteiger partial charge is 0.465 e. The molecule has 3 heterocycles. The lowest BCUT2D eigenvalue weighted by molar-refractivity contribution is -0.146. The van der Waals surface area contributed by atoms with E-state index in [0.29, 0.717) is 37.4 Å². The Balaban J connectivity index is 1.62. The smallest absolute Gasteiger partial charge is 0.407 e. The van der Waals surface area contributed by atoms with Gasteiger partial charge < -0.3 is 14.9 Å². The molecule has 2 bridgehead atoms. The van der Waals surface area contributed by atoms with E-state index in [1.165, 1.54) is 9.80 Å². The molecule has 3 aliphatic heterocycles. The van der Waals surface area contributed by atoms with Crippen molar-refractivity contribution in [3.8, 4) is 0 Å². The van der Waals surface area contributed by atoms with Gasteiger partial charge in [-0.2, -0.15) is 0 Å². The maximum Gasteiger partial charge on any atom is 0.407 e. The molecule has 4 atom stereocenters. The third-order valence-electron chi connectivity index (χ3n) is 5.43. The Morgan fingerprint density at radius 2 is 1.92 bits per heavy atom. The highest BCUT2D eigenvalue weighted by Crippen LogP contribution is 2.34. The van der Waals surface area contributed by atoms with Crippen LogP contribution in [0.5, 0.6) is 0 Å². The Morgan fingerprint density at radius 1 is 1.23 bits per heavy atom. The molecule has 0 aromatic rings. The van der Waals surface area contributed by atoms with Crippen LogP contribution in [0, 0.1) is 5.41 Å². The van der Waals surface area contributed by atoms with Crippen LogP contribution in [0.15, 0.2) is 0 Å². The summed E-state index contributed by atoms with van der Waals surface area (Å²) in [5, 5.41) is 19.8. The summed E-state index contributed by atoms with van der Waals surface area (Å²) in [6.07, 6.45) is -0.00937. The molecule has 0 aromatic heterocycles. The number of hydrogen-bond acceptors (Lipinski definition) is 5. The number of carboxylic acid groups (broad SMARTS) is 1. The SMILES string of the molecule is CC(C)(C)C1[C@@H](ONC(=O)[C@@H]2CC[C@@H]3CN2C(=O)N3O)CCN1C(=O)O. The van der Waals surface area contributed by atoms with Gasteiger partial charge in [0, 0.05) is 13.1 Å². The molecule has 146 valence electrons. The summed E-state index contributed by atoms with van der Waals surface area (Å²) >= 11 is 0. The third-order valence-corrected chi connectivity index (χ3v) is 5.43. The van der Waals surface area contributed by atoms with E-state index < -0.39 is 36.2 Å². The summed E-state index contributed by atoms with van der Waals surface area (Å²) < 4.78 is 0. The zero-order chi connectivity index (χ0) is 19.2. The van der Waals surface area contributed by atoms with Crippen LogP contribution in [0.3, 0.4) is 0 Å². The molecule has 0 aliphatic carbocycles. The average molecular weight is 370 g/mol. The predicted octanol–water partition coefficient (Wildman–Crippen LogP) is 0.859. The first-order valence-corrected chi connectivity index (χ1v) is 8.85. The van der Waals surface area contributed by atoms with Crippen molar-refractivity contribution in [2.75, 3.05) is 13.1 Å². The van der Waals surface area contributed by atoms with Crippen LogP contribution in [-0.4, -0.2) is 80.5 Å². The number of urea groups is 1. The Bertz CT molecular complexity index is 606. The van der Waals surface area contributed by atoms with Crippen molar-refractivity contribution in [3.63, 3.8) is 0 Å². The van der Waals surface area contributed by atoms with E-state index in [1.54, 1.807) is 0 Å². The fraction of sp³-hybridized carbons (Fsp3) is 0.812. The summed E-state index contributed by atoms with van der Waals surface area (Å²) in [7, 11) is 0. The van der Waals surface area contributed by atoms with Gasteiger partial charge in [-0.05, 0) is 24.7 Å². The van der Waals surface area contributed by atoms with E-state index >= 15 is 0 Å². The Morgan fingerprint density at radius 3 is 2.54 bits per heavy atom. The minimum atomic E-state index is -1.01. The first kappa shape index (κ1) is 18.7. The number of carbonyl (C=O) groups is 3. The van der Waals surface area contributed by atoms with E-state index in [2.05, 4.69) is 5.48 Å². The number of hydroxylamine groups is 3. The number of fused-ring (bicyclic) bond motifs is 2. The molecule has 0 aromatic carbocycles. The molecule has 3 fully saturated rings. The van der Waals surface area contributed by atoms with E-state index in [1.807, 2.05) is 20.8 Å². The number of nitrogens with zero attached hydrogens (tertiary/aromatic N) is 3. The zero-order valence-electron chi connectivity index (χ0n) is 15.2. The average Bonchev–Trinajstić information content (AvgIpc) is 3.09. The number of hydrogen-bond donors (Lipinski definition) is 3. The lowest BCUT2D eigenvalue weighted by Crippen LogP contribution is -2.53. The van der Waals surface area contributed by atoms with Crippen LogP contribution >= 0.6 is 0 Å². The van der Waals surface area contributed by atoms with Crippen LogP contribution < -0.4 is 5.48 Å². The number of rotatable bonds is 3. The normalized spacial score (nSPS) is 31.5. The van der Waals surface area contributed by atoms with Gasteiger partial charge in [0.05, 0.1) is 12.1 Å². The van der Waals surface area contributed by atoms with E-state index in [0.717, 1.165) is 0 Å². The summed E-state index contributed by atoms with van der Waals surface area (Å²) in [5.74, 6) is -0.450. The van der Waals surface area contributed by atoms with Crippen molar-refractivity contribution in [2.24, 2.45) is 5.41 Å². The van der Waals surface area contributed by atoms with Crippen molar-refractivity contribution in [2.45, 2.75) is 64.3 Å². The monoisotopic (exact) mass is 370 g/mol. The number of amides is 4. The third kappa shape index (κ3) is 3.18. The quantitative estimate of drug-likeness (QED) is 0.500. The standard InChI is InChI=1S/C16H26N4O6/c1-16(2,3)12-11(6-7-18(12)15(23)24)26-17-13(21)10-5-4-9-8-19(10)14(22)20(9)25/h9-12,25H,4-8H2,1-3H3,(H,17,21)(H,23,24)/t9-,10+,11+,12?/m1/s1. The molecular weight excluding hydrogens is 344 g/mol. The Kier molecular flexibility index (Phi) is 4.74. The minimum Gasteiger partial charge on any atom is -0.465 e. The zero-order valence-corrected chi connectivity index (χ0v) is 15.2. The van der Waals surface area contributed by atoms with Crippen molar-refractivity contribution >= 4 is 18.0 Å². The number of piperidine rings is 1. The molecule has 3 aliphatic rings. The molecule has 1 unspecified atom stereocenters. The molecule has 10 heteroatoms. The van der Waals surface area contributed by atoms with E-state index in [4.69, 9.17) is 4.84 Å². The van der Waals surface area contributed by atoms with Gasteiger partial charge in [-0.1, -0.05) is 20.8 Å². The molecular formula is C16H26N4O6. The lowest BCUT2D eigenvalue weighted by atomic mass is 9.84. The van der Waals surface area contributed by atoms with Gasteiger partial charge in [0.25, 0.3) is 5.91 Å². The van der Waals surface area contributed by atoms with Crippen molar-refractivity contribution in [1.82, 2.24) is 20.3 Å². The number of likely N-dealkylation sites (tertiary alicyclic amines) is 1. The van der Waals surface area contributed by atoms with E-state index in [-0.39, 0.29) is 11.5 Å². The van der Waals surface area contributed by atoms with Crippen LogP contribution in [0.1, 0.15) is 40.0 Å². The number of carbonyl (C=O) groups excluding carboxylic acids is 2. The topological polar surface area (TPSA) is 123 Å². The van der Waals surface area contributed by atoms with Gasteiger partial charge in [0.1, 0.15) is 12.1 Å². The molecule has 0 spiro atoms. The van der Waals surface area contributed by atoms with Crippen LogP contribution in [-0.2, 0) is 9.63 Å². The van der Waals surface area contributed by atoms with Gasteiger partial charge in [0.2, 0.25) is 0 Å². The first-order valence-electron chi connectivity index (χ1n) is 8.85. The molecule has 0 saturated carbocycles. The summed E-state index contributed by atoms with van der Waals surface area (Å²) in [5.41, 5.74) is 2.07. The number of nitrogens with one attached hydrogen (secondary N) is 1. The van der Waals surface area contributed by atoms with Gasteiger partial charge in [-0.25, -0.2) is 20.1 Å². The van der Waals surface area contributed by atoms with Crippen molar-refractivity contribution in [3.05, 3.63) is 0 Å². The van der Waals surface area contributed by atoms with Crippen LogP contribution in [0.25, 0.3) is 0 Å². The molecule has 0 radical (unpaired) electrons. The molecule has 3 rings (SSSR count). The second-order valence-electron chi connectivity index (χ2n) is 8.22. The Hall–Kier alpha value is -2.07. The maximum absolute atomic E-state index is 12.5. The first-order chi connectivity index (χ1) is 12.1. The van der Waals surface area contributed by atoms with E-state index in [9.17, 15) is 24.7 Å². The molecule has 4 amide bonds. The van der Waals surface area contributed by atoms with Gasteiger partial charge in [-0.15, -0.1) is 0 Å². The summed E-state index contributed by atoms with van der Waals surface area (Å²) in [6.45, 7) is 6.44. The second-order valence-corrected chi connectivity index (χ2v) is 8.22. The fourth-order valence-electron chi connectivity index (χ4n) is 4.25.